The van der Waals surface area contributed by atoms with Gasteiger partial charge in [0.05, 0.1) is 5.69 Å². The van der Waals surface area contributed by atoms with Gasteiger partial charge in [-0.05, 0) is 18.2 Å². The molecule has 1 heterocycles. The Morgan fingerprint density at radius 1 is 1.47 bits per heavy atom. The van der Waals surface area contributed by atoms with Crippen LogP contribution in [0.4, 0.5) is 10.6 Å². The van der Waals surface area contributed by atoms with Gasteiger partial charge in [-0.1, -0.05) is 6.07 Å². The molecule has 1 aromatic rings. The van der Waals surface area contributed by atoms with E-state index >= 15 is 0 Å². The van der Waals surface area contributed by atoms with Crippen molar-refractivity contribution in [2.75, 3.05) is 5.32 Å². The fourth-order valence-electron chi connectivity index (χ4n) is 0.897. The van der Waals surface area contributed by atoms with Gasteiger partial charge in [-0.2, -0.15) is 0 Å². The Morgan fingerprint density at radius 2 is 2.20 bits per heavy atom. The van der Waals surface area contributed by atoms with Crippen LogP contribution in [-0.4, -0.2) is 22.1 Å². The van der Waals surface area contributed by atoms with Gasteiger partial charge in [0.25, 0.3) is 0 Å². The fourth-order valence-corrected chi connectivity index (χ4v) is 0.897. The summed E-state index contributed by atoms with van der Waals surface area (Å²) in [5, 5.41) is 10.7. The van der Waals surface area contributed by atoms with Crippen molar-refractivity contribution in [2.45, 2.75) is 0 Å². The number of pyridine rings is 1. The number of carbonyl (C=O) groups excluding carboxylic acids is 1. The van der Waals surface area contributed by atoms with E-state index in [2.05, 4.69) is 10.3 Å². The van der Waals surface area contributed by atoms with Crippen molar-refractivity contribution in [1.82, 2.24) is 4.98 Å². The van der Waals surface area contributed by atoms with Crippen LogP contribution in [0.1, 0.15) is 5.69 Å². The van der Waals surface area contributed by atoms with E-state index in [0.717, 1.165) is 6.08 Å². The molecule has 1 aromatic heterocycles. The monoisotopic (exact) mass is 207 g/mol. The summed E-state index contributed by atoms with van der Waals surface area (Å²) in [7, 11) is 0. The molecule has 15 heavy (non-hydrogen) atoms. The van der Waals surface area contributed by atoms with Crippen LogP contribution in [0.25, 0.3) is 6.08 Å². The van der Waals surface area contributed by atoms with E-state index in [1.807, 2.05) is 0 Å². The molecule has 0 bridgehead atoms. The zero-order chi connectivity index (χ0) is 11.3. The molecule has 1 rings (SSSR count). The molecule has 0 aromatic carbocycles. The average Bonchev–Trinajstić information content (AvgIpc) is 2.14. The van der Waals surface area contributed by atoms with Gasteiger partial charge in [-0.25, -0.2) is 14.6 Å². The summed E-state index contributed by atoms with van der Waals surface area (Å²) >= 11 is 0. The molecular formula is C9H9N3O3. The summed E-state index contributed by atoms with van der Waals surface area (Å²) in [5.74, 6) is -0.792. The zero-order valence-electron chi connectivity index (χ0n) is 7.68. The van der Waals surface area contributed by atoms with Crippen molar-refractivity contribution in [3.05, 3.63) is 30.0 Å². The number of hydrogen-bond acceptors (Lipinski definition) is 3. The molecule has 2 amide bonds. The minimum Gasteiger partial charge on any atom is -0.478 e. The molecule has 0 spiro atoms. The molecule has 0 fully saturated rings. The lowest BCUT2D eigenvalue weighted by molar-refractivity contribution is -0.131. The first-order chi connectivity index (χ1) is 7.08. The highest BCUT2D eigenvalue weighted by atomic mass is 16.4. The Labute approximate surface area is 85.4 Å². The van der Waals surface area contributed by atoms with Crippen LogP contribution in [0.3, 0.4) is 0 Å². The summed E-state index contributed by atoms with van der Waals surface area (Å²) in [6.45, 7) is 0. The highest BCUT2D eigenvalue weighted by Crippen LogP contribution is 2.05. The van der Waals surface area contributed by atoms with E-state index in [1.54, 1.807) is 18.2 Å². The van der Waals surface area contributed by atoms with Gasteiger partial charge < -0.3 is 10.8 Å². The molecule has 6 nitrogen and oxygen atoms in total. The smallest absolute Gasteiger partial charge is 0.328 e. The van der Waals surface area contributed by atoms with Crippen LogP contribution in [0.2, 0.25) is 0 Å². The Bertz CT molecular complexity index is 415. The number of carboxylic acids is 1. The van der Waals surface area contributed by atoms with Crippen LogP contribution >= 0.6 is 0 Å². The third kappa shape index (κ3) is 3.90. The van der Waals surface area contributed by atoms with E-state index < -0.39 is 12.0 Å². The van der Waals surface area contributed by atoms with E-state index in [-0.39, 0.29) is 5.82 Å². The third-order valence-corrected chi connectivity index (χ3v) is 1.42. The number of aromatic nitrogens is 1. The highest BCUT2D eigenvalue weighted by Gasteiger charge is 1.97. The summed E-state index contributed by atoms with van der Waals surface area (Å²) in [6, 6.07) is 4.05. The lowest BCUT2D eigenvalue weighted by Gasteiger charge is -2.00. The number of aliphatic carboxylic acids is 1. The molecular weight excluding hydrogens is 198 g/mol. The zero-order valence-corrected chi connectivity index (χ0v) is 7.68. The number of anilines is 1. The molecule has 0 unspecified atom stereocenters. The largest absolute Gasteiger partial charge is 0.478 e. The second-order valence-corrected chi connectivity index (χ2v) is 2.61. The molecule has 0 saturated heterocycles. The second kappa shape index (κ2) is 4.75. The first kappa shape index (κ1) is 10.7. The summed E-state index contributed by atoms with van der Waals surface area (Å²) < 4.78 is 0. The maximum atomic E-state index is 10.5. The second-order valence-electron chi connectivity index (χ2n) is 2.61. The lowest BCUT2D eigenvalue weighted by atomic mass is 10.3. The van der Waals surface area contributed by atoms with Crippen LogP contribution < -0.4 is 11.1 Å². The number of primary amides is 1. The topological polar surface area (TPSA) is 105 Å². The van der Waals surface area contributed by atoms with Gasteiger partial charge in [0.15, 0.2) is 0 Å². The molecule has 0 aliphatic carbocycles. The van der Waals surface area contributed by atoms with Crippen molar-refractivity contribution in [3.8, 4) is 0 Å². The number of nitrogens with zero attached hydrogens (tertiary/aromatic N) is 1. The van der Waals surface area contributed by atoms with Gasteiger partial charge in [0.1, 0.15) is 5.82 Å². The third-order valence-electron chi connectivity index (χ3n) is 1.42. The Kier molecular flexibility index (Phi) is 3.39. The fraction of sp³-hybridized carbons (Fsp3) is 0. The molecule has 0 aliphatic rings. The van der Waals surface area contributed by atoms with Crippen LogP contribution in [0, 0.1) is 0 Å². The van der Waals surface area contributed by atoms with Gasteiger partial charge in [0.2, 0.25) is 0 Å². The summed E-state index contributed by atoms with van der Waals surface area (Å²) in [6.07, 6.45) is 2.27. The first-order valence-corrected chi connectivity index (χ1v) is 4.02. The van der Waals surface area contributed by atoms with E-state index in [1.165, 1.54) is 6.08 Å². The van der Waals surface area contributed by atoms with Crippen LogP contribution in [-0.2, 0) is 4.79 Å². The Hall–Kier alpha value is -2.37. The number of hydrogen-bond donors (Lipinski definition) is 3. The van der Waals surface area contributed by atoms with Crippen molar-refractivity contribution >= 4 is 23.9 Å². The number of carbonyl (C=O) groups is 2. The van der Waals surface area contributed by atoms with Crippen LogP contribution in [0.5, 0.6) is 0 Å². The van der Waals surface area contributed by atoms with Gasteiger partial charge in [-0.3, -0.25) is 5.32 Å². The number of amides is 2. The maximum absolute atomic E-state index is 10.5. The SMILES string of the molecule is NC(=O)Nc1cccc(/C=C/C(=O)O)n1. The van der Waals surface area contributed by atoms with Crippen molar-refractivity contribution < 1.29 is 14.7 Å². The molecule has 0 atom stereocenters. The number of urea groups is 1. The average molecular weight is 207 g/mol. The number of carboxylic acid groups (broad SMARTS) is 1. The van der Waals surface area contributed by atoms with Gasteiger partial charge in [0, 0.05) is 6.08 Å². The molecule has 6 heteroatoms. The van der Waals surface area contributed by atoms with E-state index in [9.17, 15) is 9.59 Å². The first-order valence-electron chi connectivity index (χ1n) is 4.02. The number of nitrogens with two attached hydrogens (primary N) is 1. The summed E-state index contributed by atoms with van der Waals surface area (Å²) in [5.41, 5.74) is 5.31. The molecule has 78 valence electrons. The van der Waals surface area contributed by atoms with E-state index in [4.69, 9.17) is 10.8 Å². The van der Waals surface area contributed by atoms with Crippen molar-refractivity contribution in [3.63, 3.8) is 0 Å². The molecule has 0 saturated carbocycles. The molecule has 0 radical (unpaired) electrons. The minimum absolute atomic E-state index is 0.273. The van der Waals surface area contributed by atoms with Crippen molar-refractivity contribution in [1.29, 1.82) is 0 Å². The maximum Gasteiger partial charge on any atom is 0.328 e. The quantitative estimate of drug-likeness (QED) is 0.633. The predicted octanol–water partition coefficient (Wildman–Crippen LogP) is 0.670. The highest BCUT2D eigenvalue weighted by molar-refractivity contribution is 5.87. The molecule has 4 N–H and O–H groups in total. The Balaban J connectivity index is 2.82. The lowest BCUT2D eigenvalue weighted by Crippen LogP contribution is -2.20. The number of rotatable bonds is 3. The van der Waals surface area contributed by atoms with Gasteiger partial charge >= 0.3 is 12.0 Å². The number of nitrogens with one attached hydrogen (secondary N) is 1. The Morgan fingerprint density at radius 3 is 2.80 bits per heavy atom. The van der Waals surface area contributed by atoms with E-state index in [0.29, 0.717) is 5.69 Å². The standard InChI is InChI=1S/C9H9N3O3/c10-9(15)12-7-3-1-2-6(11-7)4-5-8(13)14/h1-5H,(H,13,14)(H3,10,11,12,15)/b5-4+. The summed E-state index contributed by atoms with van der Waals surface area (Å²) in [4.78, 5) is 24.7. The normalized spacial score (nSPS) is 10.1. The van der Waals surface area contributed by atoms with Crippen LogP contribution in [0.15, 0.2) is 24.3 Å². The van der Waals surface area contributed by atoms with Gasteiger partial charge in [-0.15, -0.1) is 0 Å². The molecule has 0 aliphatic heterocycles. The van der Waals surface area contributed by atoms with Crippen molar-refractivity contribution in [2.24, 2.45) is 5.73 Å². The minimum atomic E-state index is -1.06. The predicted molar refractivity (Wildman–Crippen MR) is 54.1 cm³/mol.